The third-order valence-electron chi connectivity index (χ3n) is 4.87. The van der Waals surface area contributed by atoms with Crippen molar-refractivity contribution in [2.45, 2.75) is 33.2 Å². The van der Waals surface area contributed by atoms with Gasteiger partial charge in [-0.25, -0.2) is 4.98 Å². The van der Waals surface area contributed by atoms with Crippen molar-refractivity contribution in [1.82, 2.24) is 15.2 Å². The Labute approximate surface area is 180 Å². The normalized spacial score (nSPS) is 19.7. The molecule has 2 aromatic rings. The molecule has 1 saturated heterocycles. The van der Waals surface area contributed by atoms with Gasteiger partial charge < -0.3 is 10.6 Å². The molecule has 2 heterocycles. The van der Waals surface area contributed by atoms with Gasteiger partial charge >= 0.3 is 0 Å². The number of anilines is 1. The average Bonchev–Trinajstić information content (AvgIpc) is 3.08. The van der Waals surface area contributed by atoms with E-state index in [-0.39, 0.29) is 24.8 Å². The molecule has 3 rings (SSSR count). The largest absolute Gasteiger partial charge is 0.352 e. The van der Waals surface area contributed by atoms with Crippen molar-refractivity contribution in [2.24, 2.45) is 11.8 Å². The number of nitrogens with zero attached hydrogens (tertiary/aromatic N) is 2. The fraction of sp³-hybridized carbons (Fsp3) is 0.476. The molecule has 0 aliphatic carbocycles. The minimum atomic E-state index is -0.226. The summed E-state index contributed by atoms with van der Waals surface area (Å²) in [5, 5.41) is 8.74. The minimum Gasteiger partial charge on any atom is -0.352 e. The number of halogens is 1. The van der Waals surface area contributed by atoms with Crippen LogP contribution in [0.15, 0.2) is 29.6 Å². The van der Waals surface area contributed by atoms with Crippen LogP contribution in [0.25, 0.3) is 0 Å². The molecular formula is C21H27ClN4O2S. The monoisotopic (exact) mass is 434 g/mol. The van der Waals surface area contributed by atoms with E-state index in [1.807, 2.05) is 5.38 Å². The van der Waals surface area contributed by atoms with E-state index >= 15 is 0 Å². The molecule has 1 fully saturated rings. The third-order valence-corrected chi connectivity index (χ3v) is 5.93. The Kier molecular flexibility index (Phi) is 7.64. The van der Waals surface area contributed by atoms with Gasteiger partial charge in [0.05, 0.1) is 5.69 Å². The van der Waals surface area contributed by atoms with E-state index in [9.17, 15) is 9.59 Å². The lowest BCUT2D eigenvalue weighted by Gasteiger charge is -2.34. The van der Waals surface area contributed by atoms with Crippen LogP contribution in [0, 0.1) is 11.8 Å². The highest BCUT2D eigenvalue weighted by Crippen LogP contribution is 2.24. The second-order valence-corrected chi connectivity index (χ2v) is 9.14. The second-order valence-electron chi connectivity index (χ2n) is 7.85. The summed E-state index contributed by atoms with van der Waals surface area (Å²) in [4.78, 5) is 31.1. The minimum absolute atomic E-state index is 0.164. The second kappa shape index (κ2) is 10.2. The van der Waals surface area contributed by atoms with E-state index < -0.39 is 0 Å². The number of nitrogens with one attached hydrogen (secondary N) is 2. The van der Waals surface area contributed by atoms with Crippen LogP contribution in [0.5, 0.6) is 0 Å². The van der Waals surface area contributed by atoms with Crippen molar-refractivity contribution in [2.75, 3.05) is 25.0 Å². The summed E-state index contributed by atoms with van der Waals surface area (Å²) in [6.45, 7) is 7.85. The lowest BCUT2D eigenvalue weighted by Crippen LogP contribution is -2.38. The maximum absolute atomic E-state index is 12.1. The number of thiazole rings is 1. The number of rotatable bonds is 7. The number of piperidine rings is 1. The lowest BCUT2D eigenvalue weighted by molar-refractivity contribution is -0.116. The van der Waals surface area contributed by atoms with Crippen LogP contribution in [-0.2, 0) is 11.3 Å². The zero-order valence-electron chi connectivity index (χ0n) is 16.8. The number of aromatic nitrogens is 1. The number of hydrogen-bond donors (Lipinski definition) is 2. The number of benzene rings is 1. The fourth-order valence-electron chi connectivity index (χ4n) is 3.76. The van der Waals surface area contributed by atoms with E-state index in [1.54, 1.807) is 24.3 Å². The number of carbonyl (C=O) groups excluding carboxylic acids is 2. The van der Waals surface area contributed by atoms with Crippen molar-refractivity contribution >= 4 is 39.9 Å². The van der Waals surface area contributed by atoms with Crippen LogP contribution in [0.1, 0.15) is 42.7 Å². The summed E-state index contributed by atoms with van der Waals surface area (Å²) >= 11 is 7.25. The highest BCUT2D eigenvalue weighted by molar-refractivity contribution is 7.13. The van der Waals surface area contributed by atoms with Crippen LogP contribution in [0.2, 0.25) is 5.02 Å². The van der Waals surface area contributed by atoms with Gasteiger partial charge in [0.15, 0.2) is 5.13 Å². The molecule has 6 nitrogen and oxygen atoms in total. The third kappa shape index (κ3) is 6.80. The molecule has 2 N–H and O–H groups in total. The van der Waals surface area contributed by atoms with Crippen molar-refractivity contribution in [3.63, 3.8) is 0 Å². The Hall–Kier alpha value is -1.96. The molecule has 0 bridgehead atoms. The average molecular weight is 435 g/mol. The molecule has 2 amide bonds. The fourth-order valence-corrected chi connectivity index (χ4v) is 4.61. The summed E-state index contributed by atoms with van der Waals surface area (Å²) in [6.07, 6.45) is 1.47. The van der Waals surface area contributed by atoms with Crippen LogP contribution in [0.3, 0.4) is 0 Å². The summed E-state index contributed by atoms with van der Waals surface area (Å²) in [6, 6.07) is 6.63. The molecule has 0 saturated carbocycles. The van der Waals surface area contributed by atoms with Crippen molar-refractivity contribution in [3.05, 3.63) is 45.9 Å². The molecule has 156 valence electrons. The zero-order chi connectivity index (χ0) is 20.8. The molecule has 0 radical (unpaired) electrons. The Balaban J connectivity index is 1.40. The topological polar surface area (TPSA) is 74.3 Å². The van der Waals surface area contributed by atoms with Crippen molar-refractivity contribution in [3.8, 4) is 0 Å². The van der Waals surface area contributed by atoms with Gasteiger partial charge in [-0.3, -0.25) is 14.5 Å². The van der Waals surface area contributed by atoms with E-state index in [0.29, 0.717) is 27.6 Å². The quantitative estimate of drug-likeness (QED) is 0.689. The van der Waals surface area contributed by atoms with Gasteiger partial charge in [0, 0.05) is 48.6 Å². The molecule has 29 heavy (non-hydrogen) atoms. The van der Waals surface area contributed by atoms with Crippen LogP contribution >= 0.6 is 22.9 Å². The van der Waals surface area contributed by atoms with Gasteiger partial charge in [-0.2, -0.15) is 0 Å². The van der Waals surface area contributed by atoms with Gasteiger partial charge in [-0.1, -0.05) is 25.4 Å². The summed E-state index contributed by atoms with van der Waals surface area (Å²) in [5.41, 5.74) is 1.50. The van der Waals surface area contributed by atoms with E-state index in [2.05, 4.69) is 34.4 Å². The molecule has 1 aliphatic heterocycles. The van der Waals surface area contributed by atoms with Gasteiger partial charge in [0.1, 0.15) is 0 Å². The van der Waals surface area contributed by atoms with E-state index in [4.69, 9.17) is 11.6 Å². The highest BCUT2D eigenvalue weighted by Gasteiger charge is 2.22. The molecule has 0 unspecified atom stereocenters. The first kappa shape index (κ1) is 21.7. The predicted molar refractivity (Wildman–Crippen MR) is 117 cm³/mol. The molecule has 8 heteroatoms. The van der Waals surface area contributed by atoms with E-state index in [0.717, 1.165) is 25.3 Å². The van der Waals surface area contributed by atoms with Crippen molar-refractivity contribution in [1.29, 1.82) is 0 Å². The van der Waals surface area contributed by atoms with Gasteiger partial charge in [0.25, 0.3) is 5.91 Å². The maximum atomic E-state index is 12.1. The first-order valence-electron chi connectivity index (χ1n) is 9.89. The lowest BCUT2D eigenvalue weighted by atomic mass is 9.92. The van der Waals surface area contributed by atoms with Crippen LogP contribution in [0.4, 0.5) is 5.13 Å². The predicted octanol–water partition coefficient (Wildman–Crippen LogP) is 4.03. The zero-order valence-corrected chi connectivity index (χ0v) is 18.4. The highest BCUT2D eigenvalue weighted by atomic mass is 35.5. The maximum Gasteiger partial charge on any atom is 0.251 e. The first-order valence-corrected chi connectivity index (χ1v) is 11.1. The molecule has 1 aliphatic rings. The Morgan fingerprint density at radius 3 is 2.59 bits per heavy atom. The number of hydrogen-bond acceptors (Lipinski definition) is 5. The summed E-state index contributed by atoms with van der Waals surface area (Å²) in [7, 11) is 0. The summed E-state index contributed by atoms with van der Waals surface area (Å²) < 4.78 is 0. The molecule has 2 atom stereocenters. The van der Waals surface area contributed by atoms with Gasteiger partial charge in [-0.05, 0) is 42.5 Å². The Bertz CT molecular complexity index is 829. The van der Waals surface area contributed by atoms with Gasteiger partial charge in [0.2, 0.25) is 5.91 Å². The summed E-state index contributed by atoms with van der Waals surface area (Å²) in [5.74, 6) is 1.03. The number of likely N-dealkylation sites (tertiary alicyclic amines) is 1. The Morgan fingerprint density at radius 1 is 1.21 bits per heavy atom. The molecule has 0 spiro atoms. The molecular weight excluding hydrogens is 408 g/mol. The SMILES string of the molecule is C[C@@H]1C[C@H](C)CN(Cc2csc(NC(=O)CCNC(=O)c3ccc(Cl)cc3)n2)C1. The smallest absolute Gasteiger partial charge is 0.251 e. The number of amides is 2. The molecule has 1 aromatic carbocycles. The first-order chi connectivity index (χ1) is 13.9. The number of carbonyl (C=O) groups is 2. The van der Waals surface area contributed by atoms with Crippen molar-refractivity contribution < 1.29 is 9.59 Å². The van der Waals surface area contributed by atoms with Gasteiger partial charge in [-0.15, -0.1) is 11.3 Å². The Morgan fingerprint density at radius 2 is 1.90 bits per heavy atom. The van der Waals surface area contributed by atoms with Crippen LogP contribution < -0.4 is 10.6 Å². The van der Waals surface area contributed by atoms with E-state index in [1.165, 1.54) is 17.8 Å². The standard InChI is InChI=1S/C21H27ClN4O2S/c1-14-9-15(2)11-26(10-14)12-18-13-29-21(24-18)25-19(27)7-8-23-20(28)16-3-5-17(22)6-4-16/h3-6,13-15H,7-12H2,1-2H3,(H,23,28)(H,24,25,27)/t14-,15+. The van der Waals surface area contributed by atoms with Crippen LogP contribution in [-0.4, -0.2) is 41.3 Å². The molecule has 1 aromatic heterocycles.